The molecule has 0 spiro atoms. The molecule has 1 aromatic heterocycles. The molecule has 6 heteroatoms. The smallest absolute Gasteiger partial charge is 0.326 e. The van der Waals surface area contributed by atoms with Crippen molar-refractivity contribution < 1.29 is 14.7 Å². The lowest BCUT2D eigenvalue weighted by molar-refractivity contribution is -0.139. The molecule has 0 aliphatic heterocycles. The van der Waals surface area contributed by atoms with Crippen LogP contribution in [0, 0.1) is 0 Å². The quantitative estimate of drug-likeness (QED) is 0.807. The van der Waals surface area contributed by atoms with E-state index in [0.29, 0.717) is 18.5 Å². The third-order valence-corrected chi connectivity index (χ3v) is 3.17. The van der Waals surface area contributed by atoms with Crippen LogP contribution in [0.25, 0.3) is 0 Å². The molecule has 0 aromatic carbocycles. The molecular weight excluding hydrogens is 312 g/mol. The van der Waals surface area contributed by atoms with Gasteiger partial charge in [0.25, 0.3) is 5.91 Å². The Hall–Kier alpha value is -1.30. The molecule has 0 saturated heterocycles. The summed E-state index contributed by atoms with van der Waals surface area (Å²) in [6.45, 7) is 4.63. The van der Waals surface area contributed by atoms with Crippen LogP contribution in [0.15, 0.2) is 16.7 Å². The first-order valence-corrected chi connectivity index (χ1v) is 7.18. The van der Waals surface area contributed by atoms with Crippen molar-refractivity contribution in [2.24, 2.45) is 0 Å². The van der Waals surface area contributed by atoms with Gasteiger partial charge in [-0.15, -0.1) is 0 Å². The van der Waals surface area contributed by atoms with Crippen molar-refractivity contribution in [3.63, 3.8) is 0 Å². The van der Waals surface area contributed by atoms with Crippen LogP contribution in [0.5, 0.6) is 0 Å². The van der Waals surface area contributed by atoms with E-state index in [1.54, 1.807) is 6.07 Å². The highest BCUT2D eigenvalue weighted by Crippen LogP contribution is 2.16. The number of carbonyl (C=O) groups excluding carboxylic acids is 1. The van der Waals surface area contributed by atoms with Crippen LogP contribution in [-0.2, 0) is 11.3 Å². The summed E-state index contributed by atoms with van der Waals surface area (Å²) in [6, 6.07) is 0.872. The van der Waals surface area contributed by atoms with Gasteiger partial charge in [-0.3, -0.25) is 4.79 Å². The van der Waals surface area contributed by atoms with Crippen LogP contribution in [0.3, 0.4) is 0 Å². The van der Waals surface area contributed by atoms with E-state index >= 15 is 0 Å². The van der Waals surface area contributed by atoms with Crippen molar-refractivity contribution in [1.29, 1.82) is 0 Å². The molecule has 0 saturated carbocycles. The van der Waals surface area contributed by atoms with Gasteiger partial charge in [-0.05, 0) is 34.8 Å². The summed E-state index contributed by atoms with van der Waals surface area (Å²) >= 11 is 3.33. The topological polar surface area (TPSA) is 71.3 Å². The Morgan fingerprint density at radius 1 is 1.42 bits per heavy atom. The van der Waals surface area contributed by atoms with E-state index in [9.17, 15) is 9.59 Å². The lowest BCUT2D eigenvalue weighted by Crippen LogP contribution is -2.41. The van der Waals surface area contributed by atoms with E-state index in [4.69, 9.17) is 5.11 Å². The van der Waals surface area contributed by atoms with Gasteiger partial charge >= 0.3 is 5.97 Å². The van der Waals surface area contributed by atoms with E-state index in [0.717, 1.165) is 17.4 Å². The minimum atomic E-state index is -0.997. The number of nitrogens with zero attached hydrogens (tertiary/aromatic N) is 1. The molecule has 0 aliphatic carbocycles. The van der Waals surface area contributed by atoms with Gasteiger partial charge in [0.1, 0.15) is 11.7 Å². The SMILES string of the molecule is CCC[C@H](NC(=O)c1cc(Br)cn1CCC)C(=O)O. The highest BCUT2D eigenvalue weighted by Gasteiger charge is 2.21. The molecule has 0 bridgehead atoms. The molecule has 19 heavy (non-hydrogen) atoms. The number of carbonyl (C=O) groups is 2. The maximum atomic E-state index is 12.1. The third-order valence-electron chi connectivity index (χ3n) is 2.74. The van der Waals surface area contributed by atoms with Gasteiger partial charge in [0.2, 0.25) is 0 Å². The fraction of sp³-hybridized carbons (Fsp3) is 0.538. The van der Waals surface area contributed by atoms with Gasteiger partial charge in [-0.1, -0.05) is 20.3 Å². The minimum absolute atomic E-state index is 0.347. The zero-order valence-electron chi connectivity index (χ0n) is 11.1. The average Bonchev–Trinajstić information content (AvgIpc) is 2.70. The van der Waals surface area contributed by atoms with Crippen LogP contribution in [0.1, 0.15) is 43.6 Å². The summed E-state index contributed by atoms with van der Waals surface area (Å²) < 4.78 is 2.64. The maximum absolute atomic E-state index is 12.1. The number of amides is 1. The normalized spacial score (nSPS) is 12.2. The van der Waals surface area contributed by atoms with Gasteiger partial charge in [0, 0.05) is 17.2 Å². The van der Waals surface area contributed by atoms with Gasteiger partial charge < -0.3 is 15.0 Å². The van der Waals surface area contributed by atoms with Crippen molar-refractivity contribution in [1.82, 2.24) is 9.88 Å². The largest absolute Gasteiger partial charge is 0.480 e. The second-order valence-corrected chi connectivity index (χ2v) is 5.31. The molecule has 0 radical (unpaired) electrons. The van der Waals surface area contributed by atoms with Crippen LogP contribution >= 0.6 is 15.9 Å². The molecule has 1 amide bonds. The minimum Gasteiger partial charge on any atom is -0.480 e. The number of aliphatic carboxylic acids is 1. The van der Waals surface area contributed by atoms with Gasteiger partial charge in [-0.25, -0.2) is 4.79 Å². The standard InChI is InChI=1S/C13H19BrN2O3/c1-3-5-10(13(18)19)15-12(17)11-7-9(14)8-16(11)6-4-2/h7-8,10H,3-6H2,1-2H3,(H,15,17)(H,18,19)/t10-/m0/s1. The van der Waals surface area contributed by atoms with E-state index in [2.05, 4.69) is 21.2 Å². The number of nitrogens with one attached hydrogen (secondary N) is 1. The average molecular weight is 331 g/mol. The Bertz CT molecular complexity index is 457. The van der Waals surface area contributed by atoms with Crippen LogP contribution in [0.2, 0.25) is 0 Å². The Labute approximate surface area is 121 Å². The Morgan fingerprint density at radius 2 is 2.11 bits per heavy atom. The highest BCUT2D eigenvalue weighted by atomic mass is 79.9. The van der Waals surface area contributed by atoms with E-state index in [1.807, 2.05) is 24.6 Å². The Balaban J connectivity index is 2.84. The fourth-order valence-corrected chi connectivity index (χ4v) is 2.33. The molecule has 0 unspecified atom stereocenters. The number of hydrogen-bond acceptors (Lipinski definition) is 2. The maximum Gasteiger partial charge on any atom is 0.326 e. The predicted octanol–water partition coefficient (Wildman–Crippen LogP) is 2.64. The number of aryl methyl sites for hydroxylation is 1. The fourth-order valence-electron chi connectivity index (χ4n) is 1.87. The van der Waals surface area contributed by atoms with Crippen molar-refractivity contribution in [3.8, 4) is 0 Å². The molecule has 0 aliphatic rings. The summed E-state index contributed by atoms with van der Waals surface area (Å²) in [5.41, 5.74) is 0.482. The molecule has 5 nitrogen and oxygen atoms in total. The monoisotopic (exact) mass is 330 g/mol. The zero-order valence-corrected chi connectivity index (χ0v) is 12.7. The van der Waals surface area contributed by atoms with Crippen molar-refractivity contribution in [2.45, 2.75) is 45.7 Å². The predicted molar refractivity (Wildman–Crippen MR) is 76.2 cm³/mol. The number of hydrogen-bond donors (Lipinski definition) is 2. The third kappa shape index (κ3) is 4.38. The second-order valence-electron chi connectivity index (χ2n) is 4.39. The lowest BCUT2D eigenvalue weighted by atomic mass is 10.1. The Morgan fingerprint density at radius 3 is 2.63 bits per heavy atom. The van der Waals surface area contributed by atoms with Crippen LogP contribution < -0.4 is 5.32 Å². The van der Waals surface area contributed by atoms with Gasteiger partial charge in [0.05, 0.1) is 0 Å². The lowest BCUT2D eigenvalue weighted by Gasteiger charge is -2.14. The highest BCUT2D eigenvalue weighted by molar-refractivity contribution is 9.10. The summed E-state index contributed by atoms with van der Waals surface area (Å²) in [7, 11) is 0. The Kier molecular flexibility index (Phi) is 6.08. The van der Waals surface area contributed by atoms with Crippen molar-refractivity contribution in [3.05, 3.63) is 22.4 Å². The number of halogens is 1. The van der Waals surface area contributed by atoms with Crippen molar-refractivity contribution >= 4 is 27.8 Å². The van der Waals surface area contributed by atoms with Crippen LogP contribution in [-0.4, -0.2) is 27.6 Å². The molecule has 1 atom stereocenters. The van der Waals surface area contributed by atoms with Gasteiger partial charge in [0.15, 0.2) is 0 Å². The van der Waals surface area contributed by atoms with E-state index < -0.39 is 12.0 Å². The number of aromatic nitrogens is 1. The first-order valence-electron chi connectivity index (χ1n) is 6.38. The summed E-state index contributed by atoms with van der Waals surface area (Å²) in [5, 5.41) is 11.6. The van der Waals surface area contributed by atoms with Crippen molar-refractivity contribution in [2.75, 3.05) is 0 Å². The summed E-state index contributed by atoms with van der Waals surface area (Å²) in [4.78, 5) is 23.2. The summed E-state index contributed by atoms with van der Waals surface area (Å²) in [5.74, 6) is -1.34. The summed E-state index contributed by atoms with van der Waals surface area (Å²) in [6.07, 6.45) is 3.86. The number of carboxylic acids is 1. The molecule has 1 rings (SSSR count). The molecule has 2 N–H and O–H groups in total. The number of rotatable bonds is 7. The molecule has 1 aromatic rings. The first-order chi connectivity index (χ1) is 8.99. The first kappa shape index (κ1) is 15.8. The van der Waals surface area contributed by atoms with E-state index in [1.165, 1.54) is 0 Å². The van der Waals surface area contributed by atoms with Gasteiger partial charge in [-0.2, -0.15) is 0 Å². The van der Waals surface area contributed by atoms with Crippen LogP contribution in [0.4, 0.5) is 0 Å². The molecule has 106 valence electrons. The van der Waals surface area contributed by atoms with E-state index in [-0.39, 0.29) is 5.91 Å². The molecule has 0 fully saturated rings. The number of carboxylic acid groups (broad SMARTS) is 1. The molecule has 1 heterocycles. The molecular formula is C13H19BrN2O3. The second kappa shape index (κ2) is 7.33. The zero-order chi connectivity index (χ0) is 14.4.